The van der Waals surface area contributed by atoms with Crippen LogP contribution >= 0.6 is 24.0 Å². The van der Waals surface area contributed by atoms with Gasteiger partial charge in [-0.2, -0.15) is 5.10 Å². The molecule has 0 aliphatic carbocycles. The number of anilines is 2. The van der Waals surface area contributed by atoms with E-state index in [9.17, 15) is 0 Å². The molecule has 7 heteroatoms. The summed E-state index contributed by atoms with van der Waals surface area (Å²) in [6.07, 6.45) is 1.83. The van der Waals surface area contributed by atoms with Crippen LogP contribution in [0, 0.1) is 0 Å². The molecule has 0 fully saturated rings. The molecule has 2 heterocycles. The standard InChI is InChI=1S/C11H10ClN5.ClH/c1-17-5-7-10(13)14-9-4-6(12)2-3-8(9)15-11(7)16-17;/h2-5H,1H3,(H2,13,14)(H,15,16);1H. The van der Waals surface area contributed by atoms with E-state index in [2.05, 4.69) is 15.4 Å². The van der Waals surface area contributed by atoms with Crippen LogP contribution in [-0.4, -0.2) is 15.6 Å². The minimum absolute atomic E-state index is 0. The molecule has 3 N–H and O–H groups in total. The van der Waals surface area contributed by atoms with Crippen molar-refractivity contribution in [2.24, 2.45) is 17.8 Å². The van der Waals surface area contributed by atoms with E-state index in [-0.39, 0.29) is 12.4 Å². The quantitative estimate of drug-likeness (QED) is 0.781. The summed E-state index contributed by atoms with van der Waals surface area (Å²) >= 11 is 5.93. The highest BCUT2D eigenvalue weighted by molar-refractivity contribution is 6.31. The fourth-order valence-electron chi connectivity index (χ4n) is 1.79. The predicted molar refractivity (Wildman–Crippen MR) is 75.6 cm³/mol. The molecule has 3 rings (SSSR count). The number of aromatic nitrogens is 2. The Labute approximate surface area is 115 Å². The highest BCUT2D eigenvalue weighted by Crippen LogP contribution is 2.34. The highest BCUT2D eigenvalue weighted by atomic mass is 35.5. The van der Waals surface area contributed by atoms with Gasteiger partial charge >= 0.3 is 0 Å². The van der Waals surface area contributed by atoms with Crippen LogP contribution in [0.1, 0.15) is 5.56 Å². The highest BCUT2D eigenvalue weighted by Gasteiger charge is 2.17. The number of halogens is 2. The van der Waals surface area contributed by atoms with Gasteiger partial charge in [0.1, 0.15) is 5.84 Å². The lowest BCUT2D eigenvalue weighted by molar-refractivity contribution is 0.771. The van der Waals surface area contributed by atoms with E-state index in [1.165, 1.54) is 0 Å². The van der Waals surface area contributed by atoms with E-state index < -0.39 is 0 Å². The Hall–Kier alpha value is -1.72. The zero-order valence-electron chi connectivity index (χ0n) is 9.51. The van der Waals surface area contributed by atoms with Crippen LogP contribution in [0.15, 0.2) is 29.4 Å². The van der Waals surface area contributed by atoms with Crippen molar-refractivity contribution in [2.45, 2.75) is 0 Å². The molecule has 1 aliphatic heterocycles. The summed E-state index contributed by atoms with van der Waals surface area (Å²) in [5, 5.41) is 8.12. The lowest BCUT2D eigenvalue weighted by atomic mass is 10.2. The minimum Gasteiger partial charge on any atom is -0.383 e. The summed E-state index contributed by atoms with van der Waals surface area (Å²) in [6.45, 7) is 0. The number of nitrogens with two attached hydrogens (primary N) is 1. The van der Waals surface area contributed by atoms with E-state index in [1.54, 1.807) is 16.8 Å². The third-order valence-electron chi connectivity index (χ3n) is 2.56. The van der Waals surface area contributed by atoms with Crippen LogP contribution in [0.2, 0.25) is 5.02 Å². The van der Waals surface area contributed by atoms with Crippen molar-refractivity contribution in [3.8, 4) is 0 Å². The Morgan fingerprint density at radius 1 is 1.39 bits per heavy atom. The Morgan fingerprint density at radius 2 is 2.17 bits per heavy atom. The molecule has 0 atom stereocenters. The predicted octanol–water partition coefficient (Wildman–Crippen LogP) is 2.59. The molecule has 2 aromatic rings. The first-order valence-electron chi connectivity index (χ1n) is 5.08. The second kappa shape index (κ2) is 4.51. The maximum absolute atomic E-state index is 5.94. The van der Waals surface area contributed by atoms with Crippen molar-refractivity contribution in [3.63, 3.8) is 0 Å². The summed E-state index contributed by atoms with van der Waals surface area (Å²) in [7, 11) is 1.84. The molecule has 0 unspecified atom stereocenters. The van der Waals surface area contributed by atoms with Crippen LogP contribution in [-0.2, 0) is 7.05 Å². The molecule has 18 heavy (non-hydrogen) atoms. The third kappa shape index (κ3) is 2.02. The number of nitrogens with one attached hydrogen (secondary N) is 1. The average Bonchev–Trinajstić information content (AvgIpc) is 2.58. The van der Waals surface area contributed by atoms with Crippen molar-refractivity contribution in [1.29, 1.82) is 0 Å². The Bertz CT molecular complexity index is 632. The number of aliphatic imine (C=N–C) groups is 1. The van der Waals surface area contributed by atoms with Crippen molar-refractivity contribution < 1.29 is 0 Å². The van der Waals surface area contributed by atoms with E-state index in [0.717, 1.165) is 16.9 Å². The van der Waals surface area contributed by atoms with Crippen LogP contribution in [0.3, 0.4) is 0 Å². The first kappa shape index (κ1) is 12.7. The van der Waals surface area contributed by atoms with Gasteiger partial charge in [0.25, 0.3) is 0 Å². The zero-order chi connectivity index (χ0) is 12.0. The van der Waals surface area contributed by atoms with E-state index in [0.29, 0.717) is 16.7 Å². The summed E-state index contributed by atoms with van der Waals surface area (Å²) < 4.78 is 1.70. The molecule has 0 saturated heterocycles. The summed E-state index contributed by atoms with van der Waals surface area (Å²) in [5.74, 6) is 1.14. The van der Waals surface area contributed by atoms with Gasteiger partial charge in [0, 0.05) is 18.3 Å². The number of hydrogen-bond acceptors (Lipinski definition) is 4. The van der Waals surface area contributed by atoms with Gasteiger partial charge in [-0.1, -0.05) is 11.6 Å². The molecule has 0 spiro atoms. The molecule has 1 aromatic heterocycles. The van der Waals surface area contributed by atoms with Gasteiger partial charge < -0.3 is 11.1 Å². The van der Waals surface area contributed by atoms with Gasteiger partial charge in [-0.05, 0) is 18.2 Å². The topological polar surface area (TPSA) is 68.2 Å². The van der Waals surface area contributed by atoms with Crippen molar-refractivity contribution in [3.05, 3.63) is 35.0 Å². The molecule has 1 aliphatic rings. The van der Waals surface area contributed by atoms with Crippen molar-refractivity contribution in [2.75, 3.05) is 5.32 Å². The Balaban J connectivity index is 0.00000120. The average molecular weight is 284 g/mol. The molecule has 1 aromatic carbocycles. The van der Waals surface area contributed by atoms with Gasteiger partial charge in [0.2, 0.25) is 0 Å². The molecule has 0 bridgehead atoms. The van der Waals surface area contributed by atoms with Gasteiger partial charge in [-0.3, -0.25) is 4.68 Å². The fraction of sp³-hybridized carbons (Fsp3) is 0.0909. The SMILES string of the molecule is Cl.Cn1cc2c(n1)Nc1ccc(Cl)cc1N=C2N. The lowest BCUT2D eigenvalue weighted by Crippen LogP contribution is -2.12. The van der Waals surface area contributed by atoms with E-state index in [4.69, 9.17) is 17.3 Å². The first-order chi connectivity index (χ1) is 8.13. The van der Waals surface area contributed by atoms with E-state index in [1.807, 2.05) is 19.3 Å². The summed E-state index contributed by atoms with van der Waals surface area (Å²) in [4.78, 5) is 4.35. The summed E-state index contributed by atoms with van der Waals surface area (Å²) in [5.41, 5.74) is 8.29. The van der Waals surface area contributed by atoms with Crippen LogP contribution in [0.4, 0.5) is 17.2 Å². The molecular formula is C11H11Cl2N5. The Kier molecular flexibility index (Phi) is 3.19. The minimum atomic E-state index is 0. The number of nitrogens with zero attached hydrogens (tertiary/aromatic N) is 3. The first-order valence-corrected chi connectivity index (χ1v) is 5.46. The van der Waals surface area contributed by atoms with Crippen LogP contribution in [0.25, 0.3) is 0 Å². The molecular weight excluding hydrogens is 273 g/mol. The van der Waals surface area contributed by atoms with Crippen molar-refractivity contribution in [1.82, 2.24) is 9.78 Å². The van der Waals surface area contributed by atoms with Crippen molar-refractivity contribution >= 4 is 47.0 Å². The maximum Gasteiger partial charge on any atom is 0.163 e. The number of benzene rings is 1. The zero-order valence-corrected chi connectivity index (χ0v) is 11.1. The number of aryl methyl sites for hydroxylation is 1. The largest absolute Gasteiger partial charge is 0.383 e. The van der Waals surface area contributed by atoms with Gasteiger partial charge in [0.15, 0.2) is 5.82 Å². The maximum atomic E-state index is 5.94. The van der Waals surface area contributed by atoms with Crippen LogP contribution in [0.5, 0.6) is 0 Å². The normalized spacial score (nSPS) is 12.4. The fourth-order valence-corrected chi connectivity index (χ4v) is 1.96. The Morgan fingerprint density at radius 3 is 2.94 bits per heavy atom. The lowest BCUT2D eigenvalue weighted by Gasteiger charge is -2.04. The summed E-state index contributed by atoms with van der Waals surface area (Å²) in [6, 6.07) is 5.42. The third-order valence-corrected chi connectivity index (χ3v) is 2.79. The molecule has 0 amide bonds. The van der Waals surface area contributed by atoms with Gasteiger partial charge in [-0.25, -0.2) is 4.99 Å². The number of rotatable bonds is 0. The second-order valence-corrected chi connectivity index (χ2v) is 4.29. The smallest absolute Gasteiger partial charge is 0.163 e. The number of amidine groups is 1. The molecule has 94 valence electrons. The number of hydrogen-bond donors (Lipinski definition) is 2. The van der Waals surface area contributed by atoms with E-state index >= 15 is 0 Å². The molecule has 0 radical (unpaired) electrons. The van der Waals surface area contributed by atoms with Gasteiger partial charge in [-0.15, -0.1) is 12.4 Å². The molecule has 5 nitrogen and oxygen atoms in total. The van der Waals surface area contributed by atoms with Gasteiger partial charge in [0.05, 0.1) is 16.9 Å². The number of fused-ring (bicyclic) bond motifs is 2. The molecule has 0 saturated carbocycles. The monoisotopic (exact) mass is 283 g/mol. The second-order valence-electron chi connectivity index (χ2n) is 3.85. The van der Waals surface area contributed by atoms with Crippen LogP contribution < -0.4 is 11.1 Å².